The van der Waals surface area contributed by atoms with Crippen LogP contribution in [0.3, 0.4) is 0 Å². The first-order valence-electron chi connectivity index (χ1n) is 7.19. The summed E-state index contributed by atoms with van der Waals surface area (Å²) >= 11 is 0. The van der Waals surface area contributed by atoms with E-state index in [4.69, 9.17) is 5.73 Å². The molecule has 8 nitrogen and oxygen atoms in total. The van der Waals surface area contributed by atoms with Gasteiger partial charge in [-0.05, 0) is 24.3 Å². The molecular weight excluding hydrogens is 311 g/mol. The number of fused-ring (bicyclic) bond motifs is 1. The molecule has 24 heavy (non-hydrogen) atoms. The number of H-pyrrole nitrogens is 2. The maximum atomic E-state index is 14.7. The second-order valence-corrected chi connectivity index (χ2v) is 5.19. The van der Waals surface area contributed by atoms with Crippen LogP contribution in [0.4, 0.5) is 16.2 Å². The van der Waals surface area contributed by atoms with Crippen molar-refractivity contribution in [3.05, 3.63) is 48.2 Å². The zero-order chi connectivity index (χ0) is 16.5. The number of hydrogen-bond acceptors (Lipinski definition) is 6. The Morgan fingerprint density at radius 2 is 1.92 bits per heavy atom. The van der Waals surface area contributed by atoms with E-state index >= 15 is 0 Å². The monoisotopic (exact) mass is 324 g/mol. The molecule has 3 heterocycles. The molecule has 0 saturated heterocycles. The molecule has 4 rings (SSSR count). The van der Waals surface area contributed by atoms with E-state index in [0.29, 0.717) is 29.1 Å². The van der Waals surface area contributed by atoms with Gasteiger partial charge in [0.2, 0.25) is 5.95 Å². The molecule has 0 saturated carbocycles. The highest BCUT2D eigenvalue weighted by atomic mass is 19.1. The minimum atomic E-state index is -0.441. The smallest absolute Gasteiger partial charge is 0.222 e. The third-order valence-corrected chi connectivity index (χ3v) is 3.58. The van der Waals surface area contributed by atoms with Gasteiger partial charge in [-0.15, -0.1) is 0 Å². The number of hydrogen-bond donors (Lipinski definition) is 4. The summed E-state index contributed by atoms with van der Waals surface area (Å²) in [6.07, 6.45) is 3.24. The maximum Gasteiger partial charge on any atom is 0.222 e. The van der Waals surface area contributed by atoms with Gasteiger partial charge in [-0.1, -0.05) is 0 Å². The van der Waals surface area contributed by atoms with Gasteiger partial charge in [-0.2, -0.15) is 15.2 Å². The Morgan fingerprint density at radius 1 is 1.08 bits per heavy atom. The van der Waals surface area contributed by atoms with Crippen LogP contribution in [0.5, 0.6) is 0 Å². The lowest BCUT2D eigenvalue weighted by Gasteiger charge is -2.10. The summed E-state index contributed by atoms with van der Waals surface area (Å²) in [5.41, 5.74) is 8.35. The van der Waals surface area contributed by atoms with Crippen LogP contribution in [0.1, 0.15) is 5.69 Å². The van der Waals surface area contributed by atoms with E-state index in [9.17, 15) is 4.39 Å². The lowest BCUT2D eigenvalue weighted by atomic mass is 10.1. The Labute approximate surface area is 135 Å². The van der Waals surface area contributed by atoms with Crippen LogP contribution in [0.15, 0.2) is 36.7 Å². The second kappa shape index (κ2) is 5.61. The second-order valence-electron chi connectivity index (χ2n) is 5.19. The number of nitrogen functional groups attached to an aromatic ring is 1. The van der Waals surface area contributed by atoms with E-state index in [-0.39, 0.29) is 11.3 Å². The lowest BCUT2D eigenvalue weighted by Crippen LogP contribution is -2.07. The quantitative estimate of drug-likeness (QED) is 0.456. The first kappa shape index (κ1) is 14.1. The van der Waals surface area contributed by atoms with Gasteiger partial charge in [0.25, 0.3) is 0 Å². The average Bonchev–Trinajstić information content (AvgIpc) is 3.25. The summed E-state index contributed by atoms with van der Waals surface area (Å²) < 4.78 is 14.7. The molecular formula is C15H13FN8. The number of nitrogens with two attached hydrogens (primary N) is 1. The molecule has 5 N–H and O–H groups in total. The lowest BCUT2D eigenvalue weighted by molar-refractivity contribution is 0.639. The summed E-state index contributed by atoms with van der Waals surface area (Å²) in [5, 5.41) is 16.7. The summed E-state index contributed by atoms with van der Waals surface area (Å²) in [7, 11) is 0. The molecule has 0 fully saturated rings. The van der Waals surface area contributed by atoms with E-state index in [1.807, 2.05) is 6.07 Å². The summed E-state index contributed by atoms with van der Waals surface area (Å²) in [6, 6.07) is 6.72. The molecule has 0 unspecified atom stereocenters. The third-order valence-electron chi connectivity index (χ3n) is 3.58. The van der Waals surface area contributed by atoms with Gasteiger partial charge in [0.05, 0.1) is 28.8 Å². The normalized spacial score (nSPS) is 11.0. The molecule has 0 aliphatic heterocycles. The number of nitrogens with zero attached hydrogens (tertiary/aromatic N) is 4. The standard InChI is InChI=1S/C15H13FN8/c16-10-5-8(11-2-4-20-24-11)6-12-13(10)14(22-15(17)21-12)18-7-9-1-3-19-23-9/h1-6H,7H2,(H,19,23)(H,20,24)(H3,17,18,21,22). The van der Waals surface area contributed by atoms with Crippen LogP contribution in [0.25, 0.3) is 22.2 Å². The zero-order valence-corrected chi connectivity index (χ0v) is 12.4. The van der Waals surface area contributed by atoms with E-state index in [2.05, 4.69) is 35.7 Å². The van der Waals surface area contributed by atoms with Crippen LogP contribution in [-0.4, -0.2) is 30.4 Å². The van der Waals surface area contributed by atoms with Gasteiger partial charge >= 0.3 is 0 Å². The van der Waals surface area contributed by atoms with Gasteiger partial charge < -0.3 is 11.1 Å². The fraction of sp³-hybridized carbons (Fsp3) is 0.0667. The molecule has 0 amide bonds. The zero-order valence-electron chi connectivity index (χ0n) is 12.4. The molecule has 1 aromatic carbocycles. The number of nitrogens with one attached hydrogen (secondary N) is 3. The van der Waals surface area contributed by atoms with Crippen molar-refractivity contribution >= 4 is 22.7 Å². The molecule has 0 aliphatic rings. The molecule has 9 heteroatoms. The highest BCUT2D eigenvalue weighted by molar-refractivity contribution is 5.93. The largest absolute Gasteiger partial charge is 0.368 e. The van der Waals surface area contributed by atoms with Gasteiger partial charge in [0.1, 0.15) is 11.6 Å². The maximum absolute atomic E-state index is 14.7. The fourth-order valence-electron chi connectivity index (χ4n) is 2.50. The Balaban J connectivity index is 1.79. The Bertz CT molecular complexity index is 979. The van der Waals surface area contributed by atoms with Crippen molar-refractivity contribution in [3.63, 3.8) is 0 Å². The molecule has 0 bridgehead atoms. The molecule has 0 atom stereocenters. The van der Waals surface area contributed by atoms with Crippen molar-refractivity contribution in [1.29, 1.82) is 0 Å². The summed E-state index contributed by atoms with van der Waals surface area (Å²) in [5.74, 6) is -0.0410. The number of rotatable bonds is 4. The van der Waals surface area contributed by atoms with Crippen molar-refractivity contribution < 1.29 is 4.39 Å². The van der Waals surface area contributed by atoms with Crippen LogP contribution >= 0.6 is 0 Å². The first-order chi connectivity index (χ1) is 11.7. The van der Waals surface area contributed by atoms with Crippen molar-refractivity contribution in [3.8, 4) is 11.3 Å². The van der Waals surface area contributed by atoms with Crippen molar-refractivity contribution in [1.82, 2.24) is 30.4 Å². The molecule has 3 aromatic heterocycles. The topological polar surface area (TPSA) is 121 Å². The molecule has 4 aromatic rings. The van der Waals surface area contributed by atoms with Crippen molar-refractivity contribution in [2.45, 2.75) is 6.54 Å². The SMILES string of the molecule is Nc1nc(NCc2ccn[nH]2)c2c(F)cc(-c3ccn[nH]3)cc2n1. The first-order valence-corrected chi connectivity index (χ1v) is 7.19. The minimum Gasteiger partial charge on any atom is -0.368 e. The van der Waals surface area contributed by atoms with Crippen LogP contribution in [0, 0.1) is 5.82 Å². The predicted molar refractivity (Wildman–Crippen MR) is 87.4 cm³/mol. The number of aromatic amines is 2. The molecule has 0 spiro atoms. The van der Waals surface area contributed by atoms with Crippen LogP contribution in [0.2, 0.25) is 0 Å². The minimum absolute atomic E-state index is 0.0655. The van der Waals surface area contributed by atoms with Gasteiger partial charge in [0, 0.05) is 18.0 Å². The summed E-state index contributed by atoms with van der Waals surface area (Å²) in [6.45, 7) is 0.410. The number of aromatic nitrogens is 6. The fourth-order valence-corrected chi connectivity index (χ4v) is 2.50. The van der Waals surface area contributed by atoms with Crippen LogP contribution < -0.4 is 11.1 Å². The van der Waals surface area contributed by atoms with E-state index in [1.165, 1.54) is 6.07 Å². The van der Waals surface area contributed by atoms with Crippen molar-refractivity contribution in [2.24, 2.45) is 0 Å². The Kier molecular flexibility index (Phi) is 3.30. The Hall–Kier alpha value is -3.49. The molecule has 0 aliphatic carbocycles. The average molecular weight is 324 g/mol. The highest BCUT2D eigenvalue weighted by Crippen LogP contribution is 2.29. The number of benzene rings is 1. The van der Waals surface area contributed by atoms with Gasteiger partial charge in [0.15, 0.2) is 0 Å². The summed E-state index contributed by atoms with van der Waals surface area (Å²) in [4.78, 5) is 8.26. The number of halogens is 1. The number of anilines is 2. The van der Waals surface area contributed by atoms with Gasteiger partial charge in [-0.3, -0.25) is 10.2 Å². The van der Waals surface area contributed by atoms with Crippen molar-refractivity contribution in [2.75, 3.05) is 11.1 Å². The third kappa shape index (κ3) is 2.51. The Morgan fingerprint density at radius 3 is 2.67 bits per heavy atom. The van der Waals surface area contributed by atoms with E-state index < -0.39 is 5.82 Å². The van der Waals surface area contributed by atoms with Crippen LogP contribution in [-0.2, 0) is 6.54 Å². The predicted octanol–water partition coefficient (Wildman–Crippen LogP) is 2.08. The molecule has 0 radical (unpaired) electrons. The molecule has 120 valence electrons. The van der Waals surface area contributed by atoms with E-state index in [0.717, 1.165) is 5.69 Å². The van der Waals surface area contributed by atoms with Gasteiger partial charge in [-0.25, -0.2) is 9.37 Å². The highest BCUT2D eigenvalue weighted by Gasteiger charge is 2.14. The van der Waals surface area contributed by atoms with E-state index in [1.54, 1.807) is 24.5 Å².